The molecule has 25 heavy (non-hydrogen) atoms. The predicted molar refractivity (Wildman–Crippen MR) is 90.1 cm³/mol. The van der Waals surface area contributed by atoms with Crippen molar-refractivity contribution in [1.29, 1.82) is 0 Å². The molecule has 0 fully saturated rings. The van der Waals surface area contributed by atoms with E-state index < -0.39 is 23.7 Å². The molecule has 1 heterocycles. The molecule has 0 bridgehead atoms. The van der Waals surface area contributed by atoms with Crippen molar-refractivity contribution in [2.75, 3.05) is 0 Å². The van der Waals surface area contributed by atoms with Gasteiger partial charge in [0, 0.05) is 0 Å². The third-order valence-corrected chi connectivity index (χ3v) is 4.05. The van der Waals surface area contributed by atoms with Crippen molar-refractivity contribution in [3.05, 3.63) is 40.4 Å². The summed E-state index contributed by atoms with van der Waals surface area (Å²) >= 11 is 6.03. The fourth-order valence-electron chi connectivity index (χ4n) is 2.43. The quantitative estimate of drug-likeness (QED) is 0.775. The van der Waals surface area contributed by atoms with Gasteiger partial charge in [-0.15, -0.1) is 0 Å². The second kappa shape index (κ2) is 8.11. The van der Waals surface area contributed by atoms with Crippen LogP contribution in [-0.4, -0.2) is 28.2 Å². The van der Waals surface area contributed by atoms with Gasteiger partial charge in [0.05, 0.1) is 10.6 Å². The van der Waals surface area contributed by atoms with E-state index in [4.69, 9.17) is 16.1 Å². The number of carboxylic acid groups (broad SMARTS) is 1. The minimum atomic E-state index is -1.14. The van der Waals surface area contributed by atoms with Crippen molar-refractivity contribution in [3.63, 3.8) is 0 Å². The van der Waals surface area contributed by atoms with Gasteiger partial charge in [-0.3, -0.25) is 4.79 Å². The maximum absolute atomic E-state index is 14.2. The fourth-order valence-corrected chi connectivity index (χ4v) is 2.68. The molecule has 0 spiro atoms. The molecule has 0 aliphatic heterocycles. The maximum Gasteiger partial charge on any atom is 0.326 e. The molecule has 134 valence electrons. The van der Waals surface area contributed by atoms with Crippen LogP contribution in [0.2, 0.25) is 5.02 Å². The highest BCUT2D eigenvalue weighted by molar-refractivity contribution is 6.33. The van der Waals surface area contributed by atoms with E-state index in [0.29, 0.717) is 6.42 Å². The second-order valence-corrected chi connectivity index (χ2v) is 5.97. The van der Waals surface area contributed by atoms with Crippen LogP contribution < -0.4 is 5.32 Å². The number of nitrogens with one attached hydrogen (secondary N) is 1. The Hall–Kier alpha value is -2.41. The molecule has 8 heteroatoms. The standard InChI is InChI=1S/C17H18ClFN2O4/c1-3-4-8-12(17(23)24)20-16(22)13-9(2)25-21-15(13)14-10(18)6-5-7-11(14)19/h5-7,12H,3-4,8H2,1-2H3,(H,20,22)(H,23,24). The number of carbonyl (C=O) groups excluding carboxylic acids is 1. The summed E-state index contributed by atoms with van der Waals surface area (Å²) in [5.74, 6) is -2.35. The Morgan fingerprint density at radius 1 is 1.44 bits per heavy atom. The number of benzene rings is 1. The molecule has 0 radical (unpaired) electrons. The molecule has 1 atom stereocenters. The molecule has 1 amide bonds. The highest BCUT2D eigenvalue weighted by atomic mass is 35.5. The molecular formula is C17H18ClFN2O4. The van der Waals surface area contributed by atoms with Crippen molar-refractivity contribution in [2.45, 2.75) is 39.2 Å². The van der Waals surface area contributed by atoms with Gasteiger partial charge in [0.25, 0.3) is 5.91 Å². The summed E-state index contributed by atoms with van der Waals surface area (Å²) in [7, 11) is 0. The van der Waals surface area contributed by atoms with Gasteiger partial charge in [0.1, 0.15) is 28.9 Å². The molecule has 1 unspecified atom stereocenters. The number of carboxylic acids is 1. The van der Waals surface area contributed by atoms with Crippen LogP contribution in [0.15, 0.2) is 22.7 Å². The van der Waals surface area contributed by atoms with Gasteiger partial charge in [0.2, 0.25) is 0 Å². The van der Waals surface area contributed by atoms with Crippen LogP contribution in [0.5, 0.6) is 0 Å². The average Bonchev–Trinajstić information content (AvgIpc) is 2.92. The van der Waals surface area contributed by atoms with E-state index in [0.717, 1.165) is 6.42 Å². The van der Waals surface area contributed by atoms with Gasteiger partial charge in [0.15, 0.2) is 0 Å². The van der Waals surface area contributed by atoms with Gasteiger partial charge in [-0.05, 0) is 25.5 Å². The largest absolute Gasteiger partial charge is 0.480 e. The lowest BCUT2D eigenvalue weighted by Gasteiger charge is -2.14. The zero-order valence-electron chi connectivity index (χ0n) is 13.8. The maximum atomic E-state index is 14.2. The first-order valence-corrected chi connectivity index (χ1v) is 8.18. The topological polar surface area (TPSA) is 92.4 Å². The van der Waals surface area contributed by atoms with E-state index in [-0.39, 0.29) is 34.0 Å². The molecule has 2 rings (SSSR count). The second-order valence-electron chi connectivity index (χ2n) is 5.57. The third kappa shape index (κ3) is 4.17. The first kappa shape index (κ1) is 18.9. The summed E-state index contributed by atoms with van der Waals surface area (Å²) in [6, 6.07) is 3.03. The summed E-state index contributed by atoms with van der Waals surface area (Å²) in [6.45, 7) is 3.41. The number of hydrogen-bond acceptors (Lipinski definition) is 4. The van der Waals surface area contributed by atoms with Gasteiger partial charge in [-0.1, -0.05) is 42.6 Å². The highest BCUT2D eigenvalue weighted by Crippen LogP contribution is 2.33. The fraction of sp³-hybridized carbons (Fsp3) is 0.353. The number of hydrogen-bond donors (Lipinski definition) is 2. The number of aryl methyl sites for hydroxylation is 1. The van der Waals surface area contributed by atoms with Crippen molar-refractivity contribution < 1.29 is 23.6 Å². The number of rotatable bonds is 7. The summed E-state index contributed by atoms with van der Waals surface area (Å²) in [5, 5.41) is 15.5. The van der Waals surface area contributed by atoms with Crippen molar-refractivity contribution in [2.24, 2.45) is 0 Å². The van der Waals surface area contributed by atoms with Crippen LogP contribution in [-0.2, 0) is 4.79 Å². The van der Waals surface area contributed by atoms with E-state index in [2.05, 4.69) is 10.5 Å². The number of unbranched alkanes of at least 4 members (excludes halogenated alkanes) is 1. The van der Waals surface area contributed by atoms with Crippen molar-refractivity contribution in [3.8, 4) is 11.3 Å². The first-order valence-electron chi connectivity index (χ1n) is 7.81. The summed E-state index contributed by atoms with van der Waals surface area (Å²) in [6.07, 6.45) is 1.73. The van der Waals surface area contributed by atoms with E-state index in [1.165, 1.54) is 25.1 Å². The zero-order valence-corrected chi connectivity index (χ0v) is 14.6. The Morgan fingerprint density at radius 3 is 2.76 bits per heavy atom. The SMILES string of the molecule is CCCCC(NC(=O)c1c(-c2c(F)cccc2Cl)noc1C)C(=O)O. The average molecular weight is 369 g/mol. The Labute approximate surface area is 149 Å². The lowest BCUT2D eigenvalue weighted by molar-refractivity contribution is -0.139. The van der Waals surface area contributed by atoms with Gasteiger partial charge in [-0.25, -0.2) is 9.18 Å². The highest BCUT2D eigenvalue weighted by Gasteiger charge is 2.28. The van der Waals surface area contributed by atoms with Crippen LogP contribution in [0, 0.1) is 12.7 Å². The number of carbonyl (C=O) groups is 2. The lowest BCUT2D eigenvalue weighted by atomic mass is 10.0. The molecule has 2 aromatic rings. The Bertz CT molecular complexity index is 771. The smallest absolute Gasteiger partial charge is 0.326 e. The summed E-state index contributed by atoms with van der Waals surface area (Å²) in [5.41, 5.74) is -0.154. The minimum Gasteiger partial charge on any atom is -0.480 e. The molecule has 0 aliphatic carbocycles. The Morgan fingerprint density at radius 2 is 2.16 bits per heavy atom. The van der Waals surface area contributed by atoms with Crippen LogP contribution in [0.1, 0.15) is 42.3 Å². The normalized spacial score (nSPS) is 12.0. The predicted octanol–water partition coefficient (Wildman–Crippen LogP) is 3.82. The number of aliphatic carboxylic acids is 1. The van der Waals surface area contributed by atoms with Crippen molar-refractivity contribution in [1.82, 2.24) is 10.5 Å². The van der Waals surface area contributed by atoms with Gasteiger partial charge in [-0.2, -0.15) is 0 Å². The monoisotopic (exact) mass is 368 g/mol. The number of aromatic nitrogens is 1. The van der Waals surface area contributed by atoms with Crippen molar-refractivity contribution >= 4 is 23.5 Å². The van der Waals surface area contributed by atoms with Crippen LogP contribution in [0.25, 0.3) is 11.3 Å². The molecule has 6 nitrogen and oxygen atoms in total. The summed E-state index contributed by atoms with van der Waals surface area (Å²) in [4.78, 5) is 23.9. The Balaban J connectivity index is 2.38. The molecule has 2 N–H and O–H groups in total. The van der Waals surface area contributed by atoms with Crippen LogP contribution >= 0.6 is 11.6 Å². The molecule has 0 aliphatic rings. The van der Waals surface area contributed by atoms with E-state index in [1.807, 2.05) is 6.92 Å². The molecule has 1 aromatic heterocycles. The first-order chi connectivity index (χ1) is 11.9. The number of halogens is 2. The van der Waals surface area contributed by atoms with Gasteiger partial charge >= 0.3 is 5.97 Å². The van der Waals surface area contributed by atoms with E-state index in [9.17, 15) is 19.1 Å². The lowest BCUT2D eigenvalue weighted by Crippen LogP contribution is -2.41. The molecular weight excluding hydrogens is 351 g/mol. The van der Waals surface area contributed by atoms with Gasteiger partial charge < -0.3 is 14.9 Å². The van der Waals surface area contributed by atoms with E-state index >= 15 is 0 Å². The molecule has 0 saturated heterocycles. The third-order valence-electron chi connectivity index (χ3n) is 3.74. The Kier molecular flexibility index (Phi) is 6.14. The van der Waals surface area contributed by atoms with Crippen LogP contribution in [0.3, 0.4) is 0 Å². The zero-order chi connectivity index (χ0) is 18.6. The summed E-state index contributed by atoms with van der Waals surface area (Å²) < 4.78 is 19.2. The van der Waals surface area contributed by atoms with Crippen LogP contribution in [0.4, 0.5) is 4.39 Å². The molecule has 1 aromatic carbocycles. The number of amides is 1. The number of nitrogens with zero attached hydrogens (tertiary/aromatic N) is 1. The van der Waals surface area contributed by atoms with E-state index in [1.54, 1.807) is 0 Å². The minimum absolute atomic E-state index is 0.0326. The molecule has 0 saturated carbocycles.